The number of carbonyl (C=O) groups is 3. The minimum Gasteiger partial charge on any atom is -0.507 e. The minimum atomic E-state index is -1.30. The zero-order chi connectivity index (χ0) is 33.3. The molecule has 0 fully saturated rings. The molecule has 0 spiro atoms. The summed E-state index contributed by atoms with van der Waals surface area (Å²) in [5.41, 5.74) is -0.0619. The van der Waals surface area contributed by atoms with Gasteiger partial charge in [-0.2, -0.15) is 0 Å². The second-order valence-electron chi connectivity index (χ2n) is 11.2. The number of anilines is 1. The zero-order valence-corrected chi connectivity index (χ0v) is 28.4. The Kier molecular flexibility index (Phi) is 21.7. The third-order valence-electron chi connectivity index (χ3n) is 6.74. The van der Waals surface area contributed by atoms with Gasteiger partial charge in [0.25, 0.3) is 0 Å². The van der Waals surface area contributed by atoms with E-state index < -0.39 is 17.9 Å². The molecule has 0 radical (unpaired) electrons. The van der Waals surface area contributed by atoms with E-state index >= 15 is 0 Å². The predicted octanol–water partition coefficient (Wildman–Crippen LogP) is 8.99. The van der Waals surface area contributed by atoms with Gasteiger partial charge in [0.1, 0.15) is 17.4 Å². The number of carboxylic acid groups (broad SMARTS) is 1. The normalized spacial score (nSPS) is 13.5. The van der Waals surface area contributed by atoms with Crippen molar-refractivity contribution in [3.63, 3.8) is 0 Å². The average molecular weight is 639 g/mol. The first-order chi connectivity index (χ1) is 21.7. The van der Waals surface area contributed by atoms with E-state index in [2.05, 4.69) is 78.3 Å². The molecule has 0 aliphatic rings. The van der Waals surface area contributed by atoms with Gasteiger partial charge in [-0.1, -0.05) is 88.5 Å². The van der Waals surface area contributed by atoms with Gasteiger partial charge >= 0.3 is 5.97 Å². The lowest BCUT2D eigenvalue weighted by molar-refractivity contribution is -0.126. The summed E-state index contributed by atoms with van der Waals surface area (Å²) in [7, 11) is 0. The SMILES string of the molecule is CC/C=C\C/C=C\C/C=C\C/C=C\C/C=C\CCCCS[C@@H](CC)C(=O)NC(CC(C)C)C(=O)Nc1ccc(O)c(C(=O)O)c1. The van der Waals surface area contributed by atoms with Gasteiger partial charge in [0, 0.05) is 5.69 Å². The lowest BCUT2D eigenvalue weighted by atomic mass is 10.0. The van der Waals surface area contributed by atoms with Crippen molar-refractivity contribution in [2.45, 2.75) is 103 Å². The molecule has 0 saturated heterocycles. The van der Waals surface area contributed by atoms with E-state index in [9.17, 15) is 24.6 Å². The smallest absolute Gasteiger partial charge is 0.339 e. The molecule has 1 unspecified atom stereocenters. The van der Waals surface area contributed by atoms with Crippen LogP contribution in [0.15, 0.2) is 79.0 Å². The van der Waals surface area contributed by atoms with Crippen LogP contribution in [0.5, 0.6) is 5.75 Å². The molecule has 1 aromatic rings. The number of benzene rings is 1. The largest absolute Gasteiger partial charge is 0.507 e. The number of amides is 2. The Morgan fingerprint density at radius 3 is 1.93 bits per heavy atom. The molecule has 1 aromatic carbocycles. The van der Waals surface area contributed by atoms with Gasteiger partial charge in [-0.25, -0.2) is 4.79 Å². The summed E-state index contributed by atoms with van der Waals surface area (Å²) in [6, 6.07) is 3.09. The molecule has 0 saturated carbocycles. The number of aromatic carboxylic acids is 1. The fourth-order valence-electron chi connectivity index (χ4n) is 4.32. The van der Waals surface area contributed by atoms with E-state index in [1.165, 1.54) is 18.2 Å². The Balaban J connectivity index is 2.37. The molecule has 0 aromatic heterocycles. The highest BCUT2D eigenvalue weighted by Crippen LogP contribution is 2.22. The molecule has 8 heteroatoms. The van der Waals surface area contributed by atoms with Crippen LogP contribution in [-0.4, -0.2) is 45.0 Å². The van der Waals surface area contributed by atoms with Crippen LogP contribution in [0.25, 0.3) is 0 Å². The van der Waals surface area contributed by atoms with Crippen molar-refractivity contribution < 1.29 is 24.6 Å². The summed E-state index contributed by atoms with van der Waals surface area (Å²) < 4.78 is 0. The minimum absolute atomic E-state index is 0.152. The number of hydrogen-bond donors (Lipinski definition) is 4. The summed E-state index contributed by atoms with van der Waals surface area (Å²) in [6.45, 7) is 8.05. The Morgan fingerprint density at radius 1 is 0.822 bits per heavy atom. The van der Waals surface area contributed by atoms with Crippen molar-refractivity contribution in [2.24, 2.45) is 5.92 Å². The van der Waals surface area contributed by atoms with Crippen LogP contribution in [0.2, 0.25) is 0 Å². The van der Waals surface area contributed by atoms with Crippen molar-refractivity contribution in [2.75, 3.05) is 11.1 Å². The maximum absolute atomic E-state index is 13.1. The van der Waals surface area contributed by atoms with Crippen LogP contribution in [0, 0.1) is 5.92 Å². The number of rotatable bonds is 23. The van der Waals surface area contributed by atoms with Crippen molar-refractivity contribution in [1.29, 1.82) is 0 Å². The Labute approximate surface area is 275 Å². The molecule has 248 valence electrons. The number of unbranched alkanes of at least 4 members (excludes halogenated alkanes) is 2. The highest BCUT2D eigenvalue weighted by atomic mass is 32.2. The number of thioether (sulfide) groups is 1. The monoisotopic (exact) mass is 638 g/mol. The highest BCUT2D eigenvalue weighted by Gasteiger charge is 2.26. The van der Waals surface area contributed by atoms with Crippen molar-refractivity contribution >= 4 is 35.2 Å². The first-order valence-electron chi connectivity index (χ1n) is 16.2. The van der Waals surface area contributed by atoms with E-state index in [0.29, 0.717) is 12.8 Å². The fourth-order valence-corrected chi connectivity index (χ4v) is 5.43. The molecule has 4 N–H and O–H groups in total. The molecule has 0 aliphatic heterocycles. The van der Waals surface area contributed by atoms with Gasteiger partial charge in [-0.3, -0.25) is 9.59 Å². The average Bonchev–Trinajstić information content (AvgIpc) is 3.00. The van der Waals surface area contributed by atoms with Gasteiger partial charge in [-0.05, 0) is 94.1 Å². The summed E-state index contributed by atoms with van der Waals surface area (Å²) >= 11 is 1.62. The maximum Gasteiger partial charge on any atom is 0.339 e. The topological polar surface area (TPSA) is 116 Å². The number of nitrogens with one attached hydrogen (secondary N) is 2. The number of hydrogen-bond acceptors (Lipinski definition) is 5. The molecule has 1 rings (SSSR count). The van der Waals surface area contributed by atoms with Crippen LogP contribution >= 0.6 is 11.8 Å². The van der Waals surface area contributed by atoms with E-state index in [-0.39, 0.29) is 34.1 Å². The predicted molar refractivity (Wildman–Crippen MR) is 190 cm³/mol. The van der Waals surface area contributed by atoms with E-state index in [4.69, 9.17) is 0 Å². The van der Waals surface area contributed by atoms with Gasteiger partial charge in [0.05, 0.1) is 5.25 Å². The van der Waals surface area contributed by atoms with Crippen molar-refractivity contribution in [3.8, 4) is 5.75 Å². The Bertz CT molecular complexity index is 1170. The Hall–Kier alpha value is -3.52. The van der Waals surface area contributed by atoms with Gasteiger partial charge in [-0.15, -0.1) is 11.8 Å². The van der Waals surface area contributed by atoms with E-state index in [1.807, 2.05) is 20.8 Å². The van der Waals surface area contributed by atoms with Gasteiger partial charge in [0.15, 0.2) is 0 Å². The molecular weight excluding hydrogens is 584 g/mol. The second-order valence-corrected chi connectivity index (χ2v) is 12.5. The molecular formula is C37H54N2O5S. The summed E-state index contributed by atoms with van der Waals surface area (Å²) in [5.74, 6) is -1.25. The number of phenols is 1. The lowest BCUT2D eigenvalue weighted by Crippen LogP contribution is -2.47. The number of carbonyl (C=O) groups excluding carboxylic acids is 2. The third-order valence-corrected chi connectivity index (χ3v) is 8.21. The zero-order valence-electron chi connectivity index (χ0n) is 27.5. The molecule has 2 amide bonds. The second kappa shape index (κ2) is 24.8. The number of aromatic hydroxyl groups is 1. The third kappa shape index (κ3) is 18.8. The summed E-state index contributed by atoms with van der Waals surface area (Å²) in [6.07, 6.45) is 31.1. The summed E-state index contributed by atoms with van der Waals surface area (Å²) in [5, 5.41) is 24.3. The van der Waals surface area contributed by atoms with Crippen LogP contribution in [0.3, 0.4) is 0 Å². The Morgan fingerprint density at radius 2 is 1.40 bits per heavy atom. The van der Waals surface area contributed by atoms with Crippen molar-refractivity contribution in [3.05, 3.63) is 84.5 Å². The first kappa shape index (κ1) is 39.5. The maximum atomic E-state index is 13.1. The van der Waals surface area contributed by atoms with E-state index in [0.717, 1.165) is 57.1 Å². The lowest BCUT2D eigenvalue weighted by Gasteiger charge is -2.23. The molecule has 0 heterocycles. The van der Waals surface area contributed by atoms with Crippen LogP contribution < -0.4 is 10.6 Å². The van der Waals surface area contributed by atoms with E-state index in [1.54, 1.807) is 11.8 Å². The molecule has 7 nitrogen and oxygen atoms in total. The van der Waals surface area contributed by atoms with Gasteiger partial charge < -0.3 is 20.8 Å². The number of carboxylic acids is 1. The molecule has 2 atom stereocenters. The highest BCUT2D eigenvalue weighted by molar-refractivity contribution is 8.00. The van der Waals surface area contributed by atoms with Crippen molar-refractivity contribution in [1.82, 2.24) is 5.32 Å². The quantitative estimate of drug-likeness (QED) is 0.0540. The molecule has 0 bridgehead atoms. The van der Waals surface area contributed by atoms with Crippen LogP contribution in [0.1, 0.15) is 102 Å². The number of allylic oxidation sites excluding steroid dienone is 10. The van der Waals surface area contributed by atoms with Crippen LogP contribution in [0.4, 0.5) is 5.69 Å². The first-order valence-corrected chi connectivity index (χ1v) is 17.3. The van der Waals surface area contributed by atoms with Crippen LogP contribution in [-0.2, 0) is 9.59 Å². The molecule has 0 aliphatic carbocycles. The fraction of sp³-hybridized carbons (Fsp3) is 0.486. The standard InChI is InChI=1S/C37H54N2O5S/c1-5-7-8-9-10-11-12-13-14-15-16-17-18-19-20-21-22-23-26-45-34(6-2)36(42)39-32(27-29(3)4)35(41)38-30-24-25-33(40)31(28-30)37(43)44/h7-8,10-11,13-14,16-17,19-20,24-25,28-29,32,34,40H,5-6,9,12,15,18,21-23,26-27H2,1-4H3,(H,38,41)(H,39,42)(H,43,44)/b8-7-,11-10-,14-13-,17-16-,20-19-/t32?,34-/m0/s1. The van der Waals surface area contributed by atoms with Gasteiger partial charge in [0.2, 0.25) is 11.8 Å². The molecule has 45 heavy (non-hydrogen) atoms. The summed E-state index contributed by atoms with van der Waals surface area (Å²) in [4.78, 5) is 37.5.